The Labute approximate surface area is 136 Å². The van der Waals surface area contributed by atoms with Gasteiger partial charge in [0.25, 0.3) is 0 Å². The summed E-state index contributed by atoms with van der Waals surface area (Å²) in [6.45, 7) is 2.26. The minimum atomic E-state index is 0.0307. The van der Waals surface area contributed by atoms with Crippen LogP contribution in [0.15, 0.2) is 36.4 Å². The molecule has 2 aromatic rings. The van der Waals surface area contributed by atoms with Crippen molar-refractivity contribution < 1.29 is 14.6 Å². The molecule has 0 spiro atoms. The van der Waals surface area contributed by atoms with E-state index < -0.39 is 0 Å². The molecule has 3 rings (SSSR count). The number of carbonyl (C=O) groups excluding carboxylic acids is 1. The Balaban J connectivity index is 1.53. The van der Waals surface area contributed by atoms with E-state index in [1.165, 1.54) is 0 Å². The average molecular weight is 313 g/mol. The number of rotatable bonds is 5. The maximum Gasteiger partial charge on any atom is 0.220 e. The fourth-order valence-electron chi connectivity index (χ4n) is 3.07. The summed E-state index contributed by atoms with van der Waals surface area (Å²) in [5.74, 6) is 0.751. The summed E-state index contributed by atoms with van der Waals surface area (Å²) in [6, 6.07) is 11.6. The first-order valence-electron chi connectivity index (χ1n) is 8.28. The van der Waals surface area contributed by atoms with Crippen LogP contribution in [0, 0.1) is 5.92 Å². The van der Waals surface area contributed by atoms with Crippen LogP contribution in [0.25, 0.3) is 10.8 Å². The predicted molar refractivity (Wildman–Crippen MR) is 90.5 cm³/mol. The summed E-state index contributed by atoms with van der Waals surface area (Å²) in [4.78, 5) is 12.0. The molecule has 2 N–H and O–H groups in total. The normalized spacial score (nSPS) is 18.0. The highest BCUT2D eigenvalue weighted by Crippen LogP contribution is 2.29. The monoisotopic (exact) mass is 313 g/mol. The Hall–Kier alpha value is -2.07. The lowest BCUT2D eigenvalue weighted by molar-refractivity contribution is -0.121. The molecule has 4 heteroatoms. The lowest BCUT2D eigenvalue weighted by atomic mass is 10.0. The molecule has 1 aliphatic heterocycles. The number of hydrogen-bond donors (Lipinski definition) is 2. The number of benzene rings is 2. The highest BCUT2D eigenvalue weighted by Gasteiger charge is 2.15. The van der Waals surface area contributed by atoms with Crippen LogP contribution in [-0.4, -0.2) is 30.8 Å². The van der Waals surface area contributed by atoms with Crippen molar-refractivity contribution >= 4 is 16.7 Å². The van der Waals surface area contributed by atoms with Crippen LogP contribution in [-0.2, 0) is 16.0 Å². The van der Waals surface area contributed by atoms with E-state index in [0.29, 0.717) is 25.3 Å². The first-order valence-corrected chi connectivity index (χ1v) is 8.28. The number of fused-ring (bicyclic) bond motifs is 1. The van der Waals surface area contributed by atoms with E-state index in [-0.39, 0.29) is 11.7 Å². The molecule has 0 bridgehead atoms. The maximum absolute atomic E-state index is 12.0. The van der Waals surface area contributed by atoms with Crippen molar-refractivity contribution in [1.82, 2.24) is 5.32 Å². The van der Waals surface area contributed by atoms with E-state index in [1.54, 1.807) is 0 Å². The first-order chi connectivity index (χ1) is 11.2. The Bertz CT molecular complexity index is 677. The van der Waals surface area contributed by atoms with Gasteiger partial charge in [0.15, 0.2) is 0 Å². The van der Waals surface area contributed by atoms with Gasteiger partial charge in [-0.25, -0.2) is 0 Å². The van der Waals surface area contributed by atoms with Gasteiger partial charge >= 0.3 is 0 Å². The number of carbonyl (C=O) groups is 1. The van der Waals surface area contributed by atoms with Crippen molar-refractivity contribution in [2.75, 3.05) is 19.8 Å². The van der Waals surface area contributed by atoms with Gasteiger partial charge in [0.2, 0.25) is 5.91 Å². The minimum Gasteiger partial charge on any atom is -0.507 e. The van der Waals surface area contributed by atoms with Crippen LogP contribution in [0.5, 0.6) is 5.75 Å². The van der Waals surface area contributed by atoms with Gasteiger partial charge in [-0.3, -0.25) is 4.79 Å². The SMILES string of the molecule is O=C(CCc1ccc2ccccc2c1O)NC[C@H]1CCCOC1. The standard InChI is InChI=1S/C19H23NO3/c21-18(20-12-14-4-3-11-23-13-14)10-9-16-8-7-15-5-1-2-6-17(15)19(16)22/h1-2,5-8,14,22H,3-4,9-13H2,(H,20,21)/t14-/m1/s1. The fourth-order valence-corrected chi connectivity index (χ4v) is 3.07. The number of ether oxygens (including phenoxy) is 1. The van der Waals surface area contributed by atoms with Crippen LogP contribution in [0.4, 0.5) is 0 Å². The average Bonchev–Trinajstić information content (AvgIpc) is 2.60. The summed E-state index contributed by atoms with van der Waals surface area (Å²) in [7, 11) is 0. The number of amides is 1. The molecule has 0 saturated carbocycles. The van der Waals surface area contributed by atoms with Crippen LogP contribution < -0.4 is 5.32 Å². The molecule has 122 valence electrons. The van der Waals surface area contributed by atoms with Gasteiger partial charge < -0.3 is 15.2 Å². The van der Waals surface area contributed by atoms with Crippen molar-refractivity contribution in [2.24, 2.45) is 5.92 Å². The summed E-state index contributed by atoms with van der Waals surface area (Å²) in [5, 5.41) is 15.2. The Kier molecular flexibility index (Phi) is 5.13. The topological polar surface area (TPSA) is 58.6 Å². The molecule has 1 aliphatic rings. The Morgan fingerprint density at radius 1 is 1.26 bits per heavy atom. The molecule has 0 aliphatic carbocycles. The van der Waals surface area contributed by atoms with E-state index in [9.17, 15) is 9.90 Å². The molecule has 1 atom stereocenters. The molecule has 0 radical (unpaired) electrons. The van der Waals surface area contributed by atoms with Crippen LogP contribution in [0.2, 0.25) is 0 Å². The second-order valence-corrected chi connectivity index (χ2v) is 6.18. The third kappa shape index (κ3) is 4.02. The third-order valence-electron chi connectivity index (χ3n) is 4.45. The van der Waals surface area contributed by atoms with E-state index >= 15 is 0 Å². The molecule has 1 amide bonds. The van der Waals surface area contributed by atoms with Crippen LogP contribution >= 0.6 is 0 Å². The van der Waals surface area contributed by atoms with Crippen molar-refractivity contribution in [1.29, 1.82) is 0 Å². The molecule has 1 heterocycles. The number of aromatic hydroxyl groups is 1. The smallest absolute Gasteiger partial charge is 0.220 e. The van der Waals surface area contributed by atoms with Gasteiger partial charge in [-0.15, -0.1) is 0 Å². The minimum absolute atomic E-state index is 0.0307. The first kappa shape index (κ1) is 15.8. The van der Waals surface area contributed by atoms with Crippen molar-refractivity contribution in [2.45, 2.75) is 25.7 Å². The number of nitrogens with one attached hydrogen (secondary N) is 1. The highest BCUT2D eigenvalue weighted by atomic mass is 16.5. The second-order valence-electron chi connectivity index (χ2n) is 6.18. The van der Waals surface area contributed by atoms with Crippen LogP contribution in [0.1, 0.15) is 24.8 Å². The number of aryl methyl sites for hydroxylation is 1. The van der Waals surface area contributed by atoms with Crippen molar-refractivity contribution in [3.05, 3.63) is 42.0 Å². The maximum atomic E-state index is 12.0. The zero-order valence-corrected chi connectivity index (χ0v) is 13.3. The molecule has 4 nitrogen and oxygen atoms in total. The quantitative estimate of drug-likeness (QED) is 0.892. The van der Waals surface area contributed by atoms with E-state index in [4.69, 9.17) is 4.74 Å². The third-order valence-corrected chi connectivity index (χ3v) is 4.45. The van der Waals surface area contributed by atoms with Gasteiger partial charge in [0, 0.05) is 25.0 Å². The molecule has 2 aromatic carbocycles. The molecule has 0 aromatic heterocycles. The summed E-state index contributed by atoms with van der Waals surface area (Å²) < 4.78 is 5.42. The van der Waals surface area contributed by atoms with Gasteiger partial charge in [0.05, 0.1) is 6.61 Å². The van der Waals surface area contributed by atoms with Crippen molar-refractivity contribution in [3.8, 4) is 5.75 Å². The molecule has 1 saturated heterocycles. The lowest BCUT2D eigenvalue weighted by Gasteiger charge is -2.22. The lowest BCUT2D eigenvalue weighted by Crippen LogP contribution is -2.33. The summed E-state index contributed by atoms with van der Waals surface area (Å²) in [6.07, 6.45) is 3.13. The molecular formula is C19H23NO3. The van der Waals surface area contributed by atoms with E-state index in [1.807, 2.05) is 36.4 Å². The van der Waals surface area contributed by atoms with Gasteiger partial charge in [-0.1, -0.05) is 36.4 Å². The molecule has 1 fully saturated rings. The largest absolute Gasteiger partial charge is 0.507 e. The van der Waals surface area contributed by atoms with Gasteiger partial charge in [-0.2, -0.15) is 0 Å². The van der Waals surface area contributed by atoms with Crippen LogP contribution in [0.3, 0.4) is 0 Å². The van der Waals surface area contributed by atoms with Gasteiger partial charge in [0.1, 0.15) is 5.75 Å². The molecular weight excluding hydrogens is 290 g/mol. The Morgan fingerprint density at radius 3 is 2.96 bits per heavy atom. The number of phenols is 1. The summed E-state index contributed by atoms with van der Waals surface area (Å²) >= 11 is 0. The van der Waals surface area contributed by atoms with E-state index in [0.717, 1.165) is 42.4 Å². The van der Waals surface area contributed by atoms with E-state index in [2.05, 4.69) is 5.32 Å². The molecule has 23 heavy (non-hydrogen) atoms. The van der Waals surface area contributed by atoms with Crippen molar-refractivity contribution in [3.63, 3.8) is 0 Å². The Morgan fingerprint density at radius 2 is 2.13 bits per heavy atom. The highest BCUT2D eigenvalue weighted by molar-refractivity contribution is 5.89. The number of hydrogen-bond acceptors (Lipinski definition) is 3. The second kappa shape index (κ2) is 7.47. The molecule has 0 unspecified atom stereocenters. The zero-order chi connectivity index (χ0) is 16.1. The predicted octanol–water partition coefficient (Wildman–Crippen LogP) is 3.02. The fraction of sp³-hybridized carbons (Fsp3) is 0.421. The summed E-state index contributed by atoms with van der Waals surface area (Å²) in [5.41, 5.74) is 0.819. The number of phenolic OH excluding ortho intramolecular Hbond substituents is 1. The zero-order valence-electron chi connectivity index (χ0n) is 13.3. The van der Waals surface area contributed by atoms with Gasteiger partial charge in [-0.05, 0) is 36.1 Å².